The lowest BCUT2D eigenvalue weighted by Crippen LogP contribution is -2.53. The van der Waals surface area contributed by atoms with Crippen LogP contribution >= 0.6 is 0 Å². The van der Waals surface area contributed by atoms with Crippen molar-refractivity contribution in [3.8, 4) is 0 Å². The largest absolute Gasteiger partial charge is 0.481 e. The number of nitrogens with one attached hydrogen (secondary N) is 2. The molecule has 10 heteroatoms. The zero-order chi connectivity index (χ0) is 30.6. The molecule has 1 fully saturated rings. The van der Waals surface area contributed by atoms with E-state index in [1.165, 1.54) is 12.1 Å². The van der Waals surface area contributed by atoms with Gasteiger partial charge in [0.2, 0.25) is 5.91 Å². The first-order valence-electron chi connectivity index (χ1n) is 14.2. The van der Waals surface area contributed by atoms with Gasteiger partial charge in [0.05, 0.1) is 23.7 Å². The van der Waals surface area contributed by atoms with Crippen LogP contribution in [0.3, 0.4) is 0 Å². The quantitative estimate of drug-likeness (QED) is 0.326. The summed E-state index contributed by atoms with van der Waals surface area (Å²) in [4.78, 5) is 53.0. The van der Waals surface area contributed by atoms with Crippen molar-refractivity contribution < 1.29 is 23.9 Å². The number of amides is 2. The summed E-state index contributed by atoms with van der Waals surface area (Å²) >= 11 is 0. The van der Waals surface area contributed by atoms with Crippen molar-refractivity contribution in [1.82, 2.24) is 20.4 Å². The molecule has 3 N–H and O–H groups in total. The minimum Gasteiger partial charge on any atom is -0.481 e. The fraction of sp³-hybridized carbons (Fsp3) is 0.406. The van der Waals surface area contributed by atoms with E-state index in [-0.39, 0.29) is 12.1 Å². The Labute approximate surface area is 244 Å². The highest BCUT2D eigenvalue weighted by Gasteiger charge is 2.52. The van der Waals surface area contributed by atoms with Gasteiger partial charge < -0.3 is 15.3 Å². The molecule has 0 spiro atoms. The molecule has 4 rings (SSSR count). The van der Waals surface area contributed by atoms with Crippen molar-refractivity contribution in [1.29, 1.82) is 0 Å². The second-order valence-corrected chi connectivity index (χ2v) is 11.0. The fourth-order valence-corrected chi connectivity index (χ4v) is 6.19. The van der Waals surface area contributed by atoms with Gasteiger partial charge in [-0.2, -0.15) is 5.10 Å². The first-order chi connectivity index (χ1) is 20.0. The Kier molecular flexibility index (Phi) is 9.23. The number of nitrogens with zero attached hydrogens (tertiary/aromatic N) is 2. The number of hydrogen-bond donors (Lipinski definition) is 3. The Morgan fingerprint density at radius 2 is 1.81 bits per heavy atom. The van der Waals surface area contributed by atoms with Crippen LogP contribution in [0, 0.1) is 25.1 Å². The number of likely N-dealkylation sites (tertiary alicyclic amines) is 1. The summed E-state index contributed by atoms with van der Waals surface area (Å²) in [5.41, 5.74) is 2.47. The molecule has 222 valence electrons. The van der Waals surface area contributed by atoms with Crippen LogP contribution in [0.25, 0.3) is 0 Å². The molecule has 0 radical (unpaired) electrons. The molecule has 3 aromatic rings. The number of carboxylic acids is 1. The molecule has 0 bridgehead atoms. The second kappa shape index (κ2) is 12.7. The first-order valence-corrected chi connectivity index (χ1v) is 14.2. The summed E-state index contributed by atoms with van der Waals surface area (Å²) in [5, 5.41) is 19.3. The number of carboxylic acid groups (broad SMARTS) is 1. The summed E-state index contributed by atoms with van der Waals surface area (Å²) in [6.07, 6.45) is 1.97. The van der Waals surface area contributed by atoms with Crippen molar-refractivity contribution in [3.05, 3.63) is 98.2 Å². The van der Waals surface area contributed by atoms with E-state index < -0.39 is 41.1 Å². The van der Waals surface area contributed by atoms with Gasteiger partial charge in [-0.05, 0) is 86.6 Å². The minimum atomic E-state index is -1.16. The highest BCUT2D eigenvalue weighted by Crippen LogP contribution is 2.46. The smallest absolute Gasteiger partial charge is 0.311 e. The number of aliphatic carboxylic acids is 1. The monoisotopic (exact) mass is 576 g/mol. The number of aromatic amines is 1. The van der Waals surface area contributed by atoms with Crippen LogP contribution < -0.4 is 10.9 Å². The van der Waals surface area contributed by atoms with Gasteiger partial charge in [0, 0.05) is 23.6 Å². The molecule has 9 nitrogen and oxygen atoms in total. The average Bonchev–Trinajstić information content (AvgIpc) is 3.41. The molecule has 2 aromatic carbocycles. The summed E-state index contributed by atoms with van der Waals surface area (Å²) in [6.45, 7) is 6.90. The van der Waals surface area contributed by atoms with Gasteiger partial charge in [0.15, 0.2) is 0 Å². The molecule has 0 unspecified atom stereocenters. The predicted octanol–water partition coefficient (Wildman–Crippen LogP) is 4.47. The number of aromatic nitrogens is 2. The molecule has 0 aliphatic carbocycles. The molecule has 0 saturated carbocycles. The standard InChI is InChI=1S/C32H37FN4O5/c1-5-32(6-2,31(41)42)27-13-12-26(22-8-7-9-25(33)17-22)37(27)28(38)18-34-29(39)23-11-10-21(19(3)14-23)16-24-15-20(4)35-36-30(24)40/h7-11,14-15,17,26-27H,5-6,12-13,16,18H2,1-4H3,(H,34,39)(H,36,40)(H,41,42)/t26-,27+/m0/s1. The molecular formula is C32H37FN4O5. The number of benzene rings is 2. The number of H-pyrrole nitrogens is 1. The van der Waals surface area contributed by atoms with E-state index in [4.69, 9.17) is 0 Å². The van der Waals surface area contributed by atoms with Crippen LogP contribution in [0.1, 0.15) is 83.9 Å². The molecule has 2 heterocycles. The van der Waals surface area contributed by atoms with E-state index in [1.807, 2.05) is 6.92 Å². The Bertz CT molecular complexity index is 1550. The van der Waals surface area contributed by atoms with Crippen LogP contribution in [-0.4, -0.2) is 50.6 Å². The summed E-state index contributed by atoms with van der Waals surface area (Å²) in [6, 6.07) is 11.7. The normalized spacial score (nSPS) is 16.8. The Morgan fingerprint density at radius 3 is 2.45 bits per heavy atom. The van der Waals surface area contributed by atoms with Crippen molar-refractivity contribution >= 4 is 17.8 Å². The third-order valence-electron chi connectivity index (χ3n) is 8.63. The van der Waals surface area contributed by atoms with Gasteiger partial charge in [-0.3, -0.25) is 19.2 Å². The molecule has 1 aliphatic rings. The second-order valence-electron chi connectivity index (χ2n) is 11.0. The lowest BCUT2D eigenvalue weighted by atomic mass is 9.74. The van der Waals surface area contributed by atoms with E-state index in [2.05, 4.69) is 15.5 Å². The molecule has 1 saturated heterocycles. The van der Waals surface area contributed by atoms with Gasteiger partial charge in [-0.15, -0.1) is 0 Å². The maximum absolute atomic E-state index is 14.1. The van der Waals surface area contributed by atoms with Crippen molar-refractivity contribution in [3.63, 3.8) is 0 Å². The van der Waals surface area contributed by atoms with Gasteiger partial charge >= 0.3 is 5.97 Å². The highest BCUT2D eigenvalue weighted by atomic mass is 19.1. The third-order valence-corrected chi connectivity index (χ3v) is 8.63. The highest BCUT2D eigenvalue weighted by molar-refractivity contribution is 5.97. The van der Waals surface area contributed by atoms with E-state index in [1.54, 1.807) is 62.1 Å². The number of carbonyl (C=O) groups excluding carboxylic acids is 2. The van der Waals surface area contributed by atoms with Crippen LogP contribution in [0.15, 0.2) is 53.3 Å². The Balaban J connectivity index is 1.54. The molecule has 1 aromatic heterocycles. The topological polar surface area (TPSA) is 132 Å². The first kappa shape index (κ1) is 30.6. The van der Waals surface area contributed by atoms with Crippen molar-refractivity contribution in [2.75, 3.05) is 6.54 Å². The van der Waals surface area contributed by atoms with Crippen LogP contribution in [0.4, 0.5) is 4.39 Å². The minimum absolute atomic E-state index is 0.268. The zero-order valence-corrected chi connectivity index (χ0v) is 24.4. The van der Waals surface area contributed by atoms with Gasteiger partial charge in [-0.25, -0.2) is 9.49 Å². The van der Waals surface area contributed by atoms with Crippen molar-refractivity contribution in [2.24, 2.45) is 5.41 Å². The lowest BCUT2D eigenvalue weighted by molar-refractivity contribution is -0.156. The van der Waals surface area contributed by atoms with E-state index in [0.29, 0.717) is 54.5 Å². The Hall–Kier alpha value is -4.34. The number of hydrogen-bond acceptors (Lipinski definition) is 5. The van der Waals surface area contributed by atoms with Gasteiger partial charge in [0.25, 0.3) is 11.5 Å². The number of rotatable bonds is 10. The molecule has 2 amide bonds. The SMILES string of the molecule is CCC(CC)(C(=O)O)[C@H]1CC[C@@H](c2cccc(F)c2)N1C(=O)CNC(=O)c1ccc(Cc2cc(C)n[nH]c2=O)c(C)c1. The number of aryl methyl sites for hydroxylation is 2. The summed E-state index contributed by atoms with van der Waals surface area (Å²) in [7, 11) is 0. The van der Waals surface area contributed by atoms with E-state index >= 15 is 0 Å². The summed E-state index contributed by atoms with van der Waals surface area (Å²) in [5.74, 6) is -2.29. The average molecular weight is 577 g/mol. The predicted molar refractivity (Wildman–Crippen MR) is 156 cm³/mol. The van der Waals surface area contributed by atoms with Crippen LogP contribution in [0.2, 0.25) is 0 Å². The van der Waals surface area contributed by atoms with Crippen LogP contribution in [0.5, 0.6) is 0 Å². The maximum Gasteiger partial charge on any atom is 0.311 e. The van der Waals surface area contributed by atoms with Gasteiger partial charge in [-0.1, -0.05) is 32.0 Å². The third kappa shape index (κ3) is 6.12. The van der Waals surface area contributed by atoms with E-state index in [9.17, 15) is 28.7 Å². The number of carbonyl (C=O) groups is 3. The molecule has 2 atom stereocenters. The lowest BCUT2D eigenvalue weighted by Gasteiger charge is -2.41. The summed E-state index contributed by atoms with van der Waals surface area (Å²) < 4.78 is 14.1. The Morgan fingerprint density at radius 1 is 1.07 bits per heavy atom. The fourth-order valence-electron chi connectivity index (χ4n) is 6.19. The molecule has 42 heavy (non-hydrogen) atoms. The van der Waals surface area contributed by atoms with Crippen molar-refractivity contribution in [2.45, 2.75) is 71.9 Å². The molecule has 1 aliphatic heterocycles. The van der Waals surface area contributed by atoms with E-state index in [0.717, 1.165) is 11.1 Å². The maximum atomic E-state index is 14.1. The van der Waals surface area contributed by atoms with Gasteiger partial charge in [0.1, 0.15) is 5.82 Å². The van der Waals surface area contributed by atoms with Crippen LogP contribution in [-0.2, 0) is 16.0 Å². The molecular weight excluding hydrogens is 539 g/mol. The number of halogens is 1. The zero-order valence-electron chi connectivity index (χ0n) is 24.4.